The van der Waals surface area contributed by atoms with E-state index in [0.29, 0.717) is 16.8 Å². The van der Waals surface area contributed by atoms with Crippen LogP contribution in [0.25, 0.3) is 11.3 Å². The lowest BCUT2D eigenvalue weighted by molar-refractivity contribution is -0.116. The molecule has 0 spiro atoms. The molecule has 152 valence electrons. The maximum atomic E-state index is 13.1. The standard InChI is InChI=1S/C18H19BrN6O2S2/c1-24-18(21-22-23-24)29-11-16(26)25(9-14-3-2-8-27-14)17-20-15(10-28-17)12-4-6-13(19)7-5-12/h4-7,10,14H,2-3,8-9,11H2,1H3. The number of thioether (sulfide) groups is 1. The third kappa shape index (κ3) is 5.03. The highest BCUT2D eigenvalue weighted by Gasteiger charge is 2.26. The summed E-state index contributed by atoms with van der Waals surface area (Å²) in [4.78, 5) is 19.5. The number of tetrazole rings is 1. The Labute approximate surface area is 184 Å². The van der Waals surface area contributed by atoms with Gasteiger partial charge >= 0.3 is 0 Å². The number of hydrogen-bond acceptors (Lipinski definition) is 8. The van der Waals surface area contributed by atoms with E-state index in [-0.39, 0.29) is 17.8 Å². The maximum absolute atomic E-state index is 13.1. The Balaban J connectivity index is 1.52. The van der Waals surface area contributed by atoms with Gasteiger partial charge in [-0.3, -0.25) is 9.69 Å². The summed E-state index contributed by atoms with van der Waals surface area (Å²) < 4.78 is 8.33. The Bertz CT molecular complexity index is 971. The van der Waals surface area contributed by atoms with Crippen molar-refractivity contribution in [2.45, 2.75) is 24.1 Å². The van der Waals surface area contributed by atoms with E-state index in [9.17, 15) is 4.79 Å². The SMILES string of the molecule is Cn1nnnc1SCC(=O)N(CC1CCCO1)c1nc(-c2ccc(Br)cc2)cs1. The zero-order valence-corrected chi connectivity index (χ0v) is 18.9. The van der Waals surface area contributed by atoms with Gasteiger partial charge in [-0.15, -0.1) is 16.4 Å². The first-order valence-electron chi connectivity index (χ1n) is 9.09. The van der Waals surface area contributed by atoms with Crippen molar-refractivity contribution in [1.82, 2.24) is 25.2 Å². The predicted molar refractivity (Wildman–Crippen MR) is 116 cm³/mol. The van der Waals surface area contributed by atoms with E-state index in [1.165, 1.54) is 23.1 Å². The van der Waals surface area contributed by atoms with Crippen LogP contribution in [0.3, 0.4) is 0 Å². The molecule has 1 amide bonds. The molecule has 1 unspecified atom stereocenters. The third-order valence-corrected chi connectivity index (χ3v) is 6.87. The van der Waals surface area contributed by atoms with Crippen LogP contribution >= 0.6 is 39.0 Å². The molecule has 1 fully saturated rings. The molecule has 0 aliphatic carbocycles. The van der Waals surface area contributed by atoms with Gasteiger partial charge in [-0.2, -0.15) is 0 Å². The Morgan fingerprint density at radius 1 is 1.41 bits per heavy atom. The highest BCUT2D eigenvalue weighted by molar-refractivity contribution is 9.10. The number of anilines is 1. The van der Waals surface area contributed by atoms with Gasteiger partial charge in [0, 0.05) is 29.1 Å². The highest BCUT2D eigenvalue weighted by Crippen LogP contribution is 2.30. The van der Waals surface area contributed by atoms with E-state index in [1.54, 1.807) is 16.6 Å². The van der Waals surface area contributed by atoms with Crippen LogP contribution in [0, 0.1) is 0 Å². The van der Waals surface area contributed by atoms with Crippen molar-refractivity contribution in [1.29, 1.82) is 0 Å². The number of hydrogen-bond donors (Lipinski definition) is 0. The molecule has 4 rings (SSSR count). The van der Waals surface area contributed by atoms with Gasteiger partial charge in [-0.1, -0.05) is 39.8 Å². The topological polar surface area (TPSA) is 86.0 Å². The number of ether oxygens (including phenoxy) is 1. The first-order valence-corrected chi connectivity index (χ1v) is 11.7. The van der Waals surface area contributed by atoms with Gasteiger partial charge in [0.05, 0.1) is 24.1 Å². The van der Waals surface area contributed by atoms with Crippen LogP contribution in [-0.4, -0.2) is 56.1 Å². The number of benzene rings is 1. The number of carbonyl (C=O) groups is 1. The Morgan fingerprint density at radius 2 is 2.24 bits per heavy atom. The minimum atomic E-state index is -0.0368. The number of aryl methyl sites for hydroxylation is 1. The molecule has 1 aliphatic heterocycles. The van der Waals surface area contributed by atoms with E-state index in [1.807, 2.05) is 29.6 Å². The summed E-state index contributed by atoms with van der Waals surface area (Å²) >= 11 is 6.23. The average Bonchev–Trinajstić information content (AvgIpc) is 3.47. The van der Waals surface area contributed by atoms with Gasteiger partial charge in [0.2, 0.25) is 11.1 Å². The monoisotopic (exact) mass is 494 g/mol. The molecule has 0 radical (unpaired) electrons. The maximum Gasteiger partial charge on any atom is 0.239 e. The highest BCUT2D eigenvalue weighted by atomic mass is 79.9. The summed E-state index contributed by atoms with van der Waals surface area (Å²) in [5.74, 6) is 0.193. The minimum Gasteiger partial charge on any atom is -0.376 e. The molecule has 1 aromatic carbocycles. The van der Waals surface area contributed by atoms with Crippen molar-refractivity contribution in [2.75, 3.05) is 23.8 Å². The molecule has 0 N–H and O–H groups in total. The molecule has 8 nitrogen and oxygen atoms in total. The van der Waals surface area contributed by atoms with Crippen molar-refractivity contribution in [2.24, 2.45) is 7.05 Å². The second-order valence-corrected chi connectivity index (χ2v) is 9.23. The zero-order chi connectivity index (χ0) is 20.2. The van der Waals surface area contributed by atoms with Crippen LogP contribution in [0.5, 0.6) is 0 Å². The number of thiazole rings is 1. The Kier molecular flexibility index (Phi) is 6.58. The molecular formula is C18H19BrN6O2S2. The smallest absolute Gasteiger partial charge is 0.239 e. The van der Waals surface area contributed by atoms with Crippen LogP contribution in [0.1, 0.15) is 12.8 Å². The zero-order valence-electron chi connectivity index (χ0n) is 15.7. The molecule has 29 heavy (non-hydrogen) atoms. The van der Waals surface area contributed by atoms with E-state index >= 15 is 0 Å². The molecular weight excluding hydrogens is 476 g/mol. The van der Waals surface area contributed by atoms with Crippen LogP contribution in [0.2, 0.25) is 0 Å². The summed E-state index contributed by atoms with van der Waals surface area (Å²) in [5, 5.41) is 14.6. The van der Waals surface area contributed by atoms with Crippen molar-refractivity contribution in [3.8, 4) is 11.3 Å². The molecule has 2 aromatic heterocycles. The van der Waals surface area contributed by atoms with Gasteiger partial charge < -0.3 is 4.74 Å². The van der Waals surface area contributed by atoms with Gasteiger partial charge in [0.1, 0.15) is 0 Å². The normalized spacial score (nSPS) is 16.3. The number of rotatable bonds is 7. The van der Waals surface area contributed by atoms with Crippen molar-refractivity contribution >= 4 is 50.1 Å². The number of carbonyl (C=O) groups excluding carboxylic acids is 1. The molecule has 0 saturated carbocycles. The van der Waals surface area contributed by atoms with Crippen LogP contribution in [0.4, 0.5) is 5.13 Å². The van der Waals surface area contributed by atoms with Gasteiger partial charge in [-0.05, 0) is 35.4 Å². The quantitative estimate of drug-likeness (QED) is 0.465. The van der Waals surface area contributed by atoms with Crippen LogP contribution in [0.15, 0.2) is 39.3 Å². The predicted octanol–water partition coefficient (Wildman–Crippen LogP) is 3.40. The molecule has 11 heteroatoms. The molecule has 3 heterocycles. The molecule has 1 aliphatic rings. The van der Waals surface area contributed by atoms with Crippen molar-refractivity contribution < 1.29 is 9.53 Å². The van der Waals surface area contributed by atoms with Gasteiger partial charge in [0.25, 0.3) is 0 Å². The molecule has 1 atom stereocenters. The van der Waals surface area contributed by atoms with Gasteiger partial charge in [0.15, 0.2) is 5.13 Å². The Hall–Kier alpha value is -1.82. The minimum absolute atomic E-state index is 0.0368. The van der Waals surface area contributed by atoms with Crippen LogP contribution in [-0.2, 0) is 16.6 Å². The lowest BCUT2D eigenvalue weighted by Gasteiger charge is -2.22. The number of halogens is 1. The Morgan fingerprint density at radius 3 is 2.93 bits per heavy atom. The van der Waals surface area contributed by atoms with Crippen molar-refractivity contribution in [3.63, 3.8) is 0 Å². The van der Waals surface area contributed by atoms with E-state index < -0.39 is 0 Å². The second kappa shape index (κ2) is 9.33. The first-order chi connectivity index (χ1) is 14.1. The molecule has 3 aromatic rings. The summed E-state index contributed by atoms with van der Waals surface area (Å²) in [5.41, 5.74) is 1.87. The number of aromatic nitrogens is 5. The van der Waals surface area contributed by atoms with E-state index in [0.717, 1.165) is 35.2 Å². The summed E-state index contributed by atoms with van der Waals surface area (Å²) in [7, 11) is 1.75. The largest absolute Gasteiger partial charge is 0.376 e. The first kappa shape index (κ1) is 20.5. The van der Waals surface area contributed by atoms with Crippen molar-refractivity contribution in [3.05, 3.63) is 34.1 Å². The summed E-state index contributed by atoms with van der Waals surface area (Å²) in [6.07, 6.45) is 2.02. The fourth-order valence-corrected chi connectivity index (χ4v) is 4.82. The fourth-order valence-electron chi connectivity index (χ4n) is 2.97. The molecule has 0 bridgehead atoms. The lowest BCUT2D eigenvalue weighted by Crippen LogP contribution is -2.38. The second-order valence-electron chi connectivity index (χ2n) is 6.54. The summed E-state index contributed by atoms with van der Waals surface area (Å²) in [6, 6.07) is 7.97. The average molecular weight is 495 g/mol. The van der Waals surface area contributed by atoms with E-state index in [4.69, 9.17) is 9.72 Å². The number of nitrogens with zero attached hydrogens (tertiary/aromatic N) is 6. The van der Waals surface area contributed by atoms with E-state index in [2.05, 4.69) is 31.5 Å². The number of amides is 1. The fraction of sp³-hybridized carbons (Fsp3) is 0.389. The van der Waals surface area contributed by atoms with Gasteiger partial charge in [-0.25, -0.2) is 9.67 Å². The van der Waals surface area contributed by atoms with Crippen LogP contribution < -0.4 is 4.90 Å². The molecule has 1 saturated heterocycles. The summed E-state index contributed by atoms with van der Waals surface area (Å²) in [6.45, 7) is 1.25. The lowest BCUT2D eigenvalue weighted by atomic mass is 10.2. The third-order valence-electron chi connectivity index (χ3n) is 4.48.